The Hall–Kier alpha value is -1.18. The minimum absolute atomic E-state index is 0.929. The van der Waals surface area contributed by atoms with Crippen LogP contribution in [-0.2, 0) is 0 Å². The third-order valence-corrected chi connectivity index (χ3v) is 1.59. The largest absolute Gasteiger partial charge is 0.293 e. The summed E-state index contributed by atoms with van der Waals surface area (Å²) in [5, 5.41) is 0. The molecule has 0 N–H and O–H groups in total. The highest BCUT2D eigenvalue weighted by molar-refractivity contribution is 5.79. The minimum Gasteiger partial charge on any atom is -0.293 e. The fraction of sp³-hybridized carbons (Fsp3) is 0.400. The Balaban J connectivity index is 2.36. The van der Waals surface area contributed by atoms with Crippen molar-refractivity contribution in [3.05, 3.63) is 30.1 Å². The van der Waals surface area contributed by atoms with Crippen molar-refractivity contribution in [3.8, 4) is 0 Å². The Bertz CT molecular complexity index is 229. The van der Waals surface area contributed by atoms with Crippen molar-refractivity contribution < 1.29 is 0 Å². The van der Waals surface area contributed by atoms with Gasteiger partial charge in [0.15, 0.2) is 0 Å². The second-order valence-corrected chi connectivity index (χ2v) is 2.67. The number of rotatable bonds is 4. The molecule has 0 amide bonds. The Labute approximate surface area is 73.4 Å². The van der Waals surface area contributed by atoms with Gasteiger partial charge in [-0.1, -0.05) is 13.3 Å². The molecule has 0 spiro atoms. The van der Waals surface area contributed by atoms with Crippen LogP contribution in [0.5, 0.6) is 0 Å². The fourth-order valence-corrected chi connectivity index (χ4v) is 0.869. The summed E-state index contributed by atoms with van der Waals surface area (Å²) in [5.41, 5.74) is 1.13. The molecule has 64 valence electrons. The molecule has 0 aliphatic heterocycles. The molecule has 0 aromatic carbocycles. The summed E-state index contributed by atoms with van der Waals surface area (Å²) in [5.74, 6) is 0. The smallest absolute Gasteiger partial charge is 0.0389 e. The van der Waals surface area contributed by atoms with E-state index in [1.165, 1.54) is 12.8 Å². The van der Waals surface area contributed by atoms with E-state index >= 15 is 0 Å². The predicted octanol–water partition coefficient (Wildman–Crippen LogP) is 2.30. The third-order valence-electron chi connectivity index (χ3n) is 1.59. The molecule has 0 saturated heterocycles. The number of pyridine rings is 1. The van der Waals surface area contributed by atoms with Crippen molar-refractivity contribution in [1.82, 2.24) is 4.98 Å². The molecule has 1 rings (SSSR count). The molecule has 1 aromatic rings. The number of hydrogen-bond donors (Lipinski definition) is 0. The standard InChI is InChI=1S/C10H14N2/c1-2-3-6-12-9-10-4-7-11-8-5-10/h4-5,7-9H,2-3,6H2,1H3. The summed E-state index contributed by atoms with van der Waals surface area (Å²) in [7, 11) is 0. The lowest BCUT2D eigenvalue weighted by Crippen LogP contribution is -1.84. The maximum Gasteiger partial charge on any atom is 0.0389 e. The number of hydrogen-bond acceptors (Lipinski definition) is 2. The summed E-state index contributed by atoms with van der Waals surface area (Å²) in [6.07, 6.45) is 7.83. The average Bonchev–Trinajstić information content (AvgIpc) is 2.14. The van der Waals surface area contributed by atoms with Crippen molar-refractivity contribution in [2.24, 2.45) is 4.99 Å². The molecule has 0 saturated carbocycles. The van der Waals surface area contributed by atoms with Gasteiger partial charge in [-0.2, -0.15) is 0 Å². The molecule has 2 nitrogen and oxygen atoms in total. The Morgan fingerprint density at radius 2 is 2.17 bits per heavy atom. The first-order chi connectivity index (χ1) is 5.93. The second kappa shape index (κ2) is 5.47. The van der Waals surface area contributed by atoms with E-state index in [0.29, 0.717) is 0 Å². The molecule has 0 atom stereocenters. The molecule has 1 heterocycles. The first kappa shape index (κ1) is 8.91. The lowest BCUT2D eigenvalue weighted by Gasteiger charge is -1.90. The summed E-state index contributed by atoms with van der Waals surface area (Å²) in [4.78, 5) is 8.21. The molecule has 0 fully saturated rings. The van der Waals surface area contributed by atoms with Crippen molar-refractivity contribution >= 4 is 6.21 Å². The van der Waals surface area contributed by atoms with Crippen LogP contribution in [-0.4, -0.2) is 17.7 Å². The molecule has 2 heteroatoms. The first-order valence-corrected chi connectivity index (χ1v) is 4.33. The number of nitrogens with zero attached hydrogens (tertiary/aromatic N) is 2. The molecule has 0 radical (unpaired) electrons. The number of unbranched alkanes of at least 4 members (excludes halogenated alkanes) is 1. The van der Waals surface area contributed by atoms with Gasteiger partial charge in [0.05, 0.1) is 0 Å². The summed E-state index contributed by atoms with van der Waals surface area (Å²) in [6.45, 7) is 3.10. The first-order valence-electron chi connectivity index (χ1n) is 4.33. The molecular formula is C10H14N2. The van der Waals surface area contributed by atoms with Crippen molar-refractivity contribution in [2.75, 3.05) is 6.54 Å². The van der Waals surface area contributed by atoms with Gasteiger partial charge in [0.1, 0.15) is 0 Å². The van der Waals surface area contributed by atoms with Gasteiger partial charge in [-0.3, -0.25) is 9.98 Å². The second-order valence-electron chi connectivity index (χ2n) is 2.67. The molecule has 0 aliphatic rings. The van der Waals surface area contributed by atoms with E-state index < -0.39 is 0 Å². The van der Waals surface area contributed by atoms with Crippen LogP contribution in [0.15, 0.2) is 29.5 Å². The van der Waals surface area contributed by atoms with Gasteiger partial charge in [0.2, 0.25) is 0 Å². The zero-order chi connectivity index (χ0) is 8.65. The maximum atomic E-state index is 4.28. The Morgan fingerprint density at radius 1 is 1.42 bits per heavy atom. The summed E-state index contributed by atoms with van der Waals surface area (Å²) >= 11 is 0. The SMILES string of the molecule is CCCCN=Cc1ccncc1. The van der Waals surface area contributed by atoms with Gasteiger partial charge in [-0.05, 0) is 24.1 Å². The number of aliphatic imine (C=N–C) groups is 1. The Kier molecular flexibility index (Phi) is 4.06. The van der Waals surface area contributed by atoms with E-state index in [-0.39, 0.29) is 0 Å². The van der Waals surface area contributed by atoms with E-state index in [1.807, 2.05) is 18.3 Å². The molecule has 0 aliphatic carbocycles. The van der Waals surface area contributed by atoms with Crippen LogP contribution < -0.4 is 0 Å². The third kappa shape index (κ3) is 3.28. The van der Waals surface area contributed by atoms with Crippen LogP contribution in [0.25, 0.3) is 0 Å². The zero-order valence-electron chi connectivity index (χ0n) is 7.40. The van der Waals surface area contributed by atoms with Crippen molar-refractivity contribution in [1.29, 1.82) is 0 Å². The quantitative estimate of drug-likeness (QED) is 0.492. The molecule has 12 heavy (non-hydrogen) atoms. The molecule has 1 aromatic heterocycles. The van der Waals surface area contributed by atoms with Crippen LogP contribution in [0.3, 0.4) is 0 Å². The predicted molar refractivity (Wildman–Crippen MR) is 51.6 cm³/mol. The molecule has 0 bridgehead atoms. The van der Waals surface area contributed by atoms with Crippen LogP contribution in [0.1, 0.15) is 25.3 Å². The van der Waals surface area contributed by atoms with E-state index in [1.54, 1.807) is 12.4 Å². The highest BCUT2D eigenvalue weighted by Crippen LogP contribution is 1.92. The van der Waals surface area contributed by atoms with E-state index in [4.69, 9.17) is 0 Å². The monoisotopic (exact) mass is 162 g/mol. The maximum absolute atomic E-state index is 4.28. The topological polar surface area (TPSA) is 25.2 Å². The average molecular weight is 162 g/mol. The highest BCUT2D eigenvalue weighted by atomic mass is 14.7. The Morgan fingerprint density at radius 3 is 2.83 bits per heavy atom. The van der Waals surface area contributed by atoms with E-state index in [0.717, 1.165) is 12.1 Å². The lowest BCUT2D eigenvalue weighted by atomic mass is 10.3. The zero-order valence-corrected chi connectivity index (χ0v) is 7.40. The fourth-order valence-electron chi connectivity index (χ4n) is 0.869. The summed E-state index contributed by atoms with van der Waals surface area (Å²) < 4.78 is 0. The van der Waals surface area contributed by atoms with Gasteiger partial charge < -0.3 is 0 Å². The van der Waals surface area contributed by atoms with E-state index in [2.05, 4.69) is 16.9 Å². The van der Waals surface area contributed by atoms with Gasteiger partial charge in [-0.25, -0.2) is 0 Å². The van der Waals surface area contributed by atoms with Crippen molar-refractivity contribution in [3.63, 3.8) is 0 Å². The highest BCUT2D eigenvalue weighted by Gasteiger charge is 1.83. The van der Waals surface area contributed by atoms with Crippen LogP contribution >= 0.6 is 0 Å². The minimum atomic E-state index is 0.929. The molecule has 0 unspecified atom stereocenters. The van der Waals surface area contributed by atoms with E-state index in [9.17, 15) is 0 Å². The van der Waals surface area contributed by atoms with Gasteiger partial charge in [-0.15, -0.1) is 0 Å². The van der Waals surface area contributed by atoms with Crippen LogP contribution in [0.4, 0.5) is 0 Å². The van der Waals surface area contributed by atoms with Gasteiger partial charge in [0.25, 0.3) is 0 Å². The normalized spacial score (nSPS) is 10.8. The number of aromatic nitrogens is 1. The van der Waals surface area contributed by atoms with Crippen molar-refractivity contribution in [2.45, 2.75) is 19.8 Å². The van der Waals surface area contributed by atoms with Crippen LogP contribution in [0, 0.1) is 0 Å². The van der Waals surface area contributed by atoms with Gasteiger partial charge in [0, 0.05) is 25.2 Å². The van der Waals surface area contributed by atoms with Crippen LogP contribution in [0.2, 0.25) is 0 Å². The summed E-state index contributed by atoms with van der Waals surface area (Å²) in [6, 6.07) is 3.91. The molecular weight excluding hydrogens is 148 g/mol. The van der Waals surface area contributed by atoms with Gasteiger partial charge >= 0.3 is 0 Å². The lowest BCUT2D eigenvalue weighted by molar-refractivity contribution is 0.810.